The number of aliphatic carboxylic acids is 1. The van der Waals surface area contributed by atoms with Crippen molar-refractivity contribution in [3.63, 3.8) is 0 Å². The maximum atomic E-state index is 10.8. The summed E-state index contributed by atoms with van der Waals surface area (Å²) >= 11 is 0. The summed E-state index contributed by atoms with van der Waals surface area (Å²) in [4.78, 5) is 10.8. The maximum Gasteiger partial charge on any atom is 0.303 e. The zero-order chi connectivity index (χ0) is 11.7. The van der Waals surface area contributed by atoms with Gasteiger partial charge in [-0.2, -0.15) is 0 Å². The van der Waals surface area contributed by atoms with Gasteiger partial charge in [-0.05, 0) is 47.9 Å². The Kier molecular flexibility index (Phi) is 2.86. The summed E-state index contributed by atoms with van der Waals surface area (Å²) in [5.74, 6) is -0.167. The van der Waals surface area contributed by atoms with Crippen LogP contribution < -0.4 is 5.73 Å². The quantitative estimate of drug-likeness (QED) is 0.751. The van der Waals surface area contributed by atoms with E-state index >= 15 is 0 Å². The van der Waals surface area contributed by atoms with Gasteiger partial charge in [0.2, 0.25) is 0 Å². The summed E-state index contributed by atoms with van der Waals surface area (Å²) < 4.78 is 0. The van der Waals surface area contributed by atoms with Crippen molar-refractivity contribution in [1.29, 1.82) is 0 Å². The second kappa shape index (κ2) is 4.16. The molecule has 0 aromatic heterocycles. The zero-order valence-corrected chi connectivity index (χ0v) is 9.44. The maximum absolute atomic E-state index is 10.8. The van der Waals surface area contributed by atoms with Crippen molar-refractivity contribution in [3.8, 4) is 0 Å². The highest BCUT2D eigenvalue weighted by Crippen LogP contribution is 2.38. The lowest BCUT2D eigenvalue weighted by molar-refractivity contribution is -0.138. The molecule has 0 radical (unpaired) electrons. The van der Waals surface area contributed by atoms with Gasteiger partial charge in [0.05, 0.1) is 0 Å². The predicted octanol–water partition coefficient (Wildman–Crippen LogP) is 2.41. The number of aryl methyl sites for hydroxylation is 1. The van der Waals surface area contributed by atoms with E-state index in [0.29, 0.717) is 5.92 Å². The Morgan fingerprint density at radius 3 is 3.00 bits per heavy atom. The molecule has 86 valence electrons. The molecule has 0 amide bonds. The second-order valence-corrected chi connectivity index (χ2v) is 4.64. The molecule has 1 aromatic carbocycles. The Morgan fingerprint density at radius 1 is 1.56 bits per heavy atom. The molecule has 2 unspecified atom stereocenters. The summed E-state index contributed by atoms with van der Waals surface area (Å²) in [7, 11) is 0. The number of anilines is 1. The minimum Gasteiger partial charge on any atom is -0.481 e. The fourth-order valence-electron chi connectivity index (χ4n) is 2.61. The number of fused-ring (bicyclic) bond motifs is 1. The van der Waals surface area contributed by atoms with E-state index in [9.17, 15) is 4.79 Å². The number of hydrogen-bond acceptors (Lipinski definition) is 2. The first kappa shape index (κ1) is 11.0. The van der Waals surface area contributed by atoms with Crippen LogP contribution in [0.2, 0.25) is 0 Å². The molecule has 1 aromatic rings. The molecule has 0 aliphatic heterocycles. The van der Waals surface area contributed by atoms with Crippen molar-refractivity contribution < 1.29 is 9.90 Å². The molecule has 3 nitrogen and oxygen atoms in total. The van der Waals surface area contributed by atoms with Crippen molar-refractivity contribution in [1.82, 2.24) is 0 Å². The van der Waals surface area contributed by atoms with E-state index in [0.717, 1.165) is 18.5 Å². The standard InChI is InChI=1S/C13H17NO2/c1-8-10(6-13(15)16)3-2-9-4-5-11(14)7-12(8)9/h4-5,7-8,10H,2-3,6,14H2,1H3,(H,15,16). The largest absolute Gasteiger partial charge is 0.481 e. The average molecular weight is 219 g/mol. The minimum absolute atomic E-state index is 0.242. The Morgan fingerprint density at radius 2 is 2.31 bits per heavy atom. The van der Waals surface area contributed by atoms with Gasteiger partial charge < -0.3 is 10.8 Å². The molecule has 3 heteroatoms. The van der Waals surface area contributed by atoms with Crippen LogP contribution in [0.1, 0.15) is 36.8 Å². The molecule has 0 fully saturated rings. The van der Waals surface area contributed by atoms with Crippen LogP contribution in [0.15, 0.2) is 18.2 Å². The fourth-order valence-corrected chi connectivity index (χ4v) is 2.61. The van der Waals surface area contributed by atoms with Crippen molar-refractivity contribution >= 4 is 11.7 Å². The van der Waals surface area contributed by atoms with Crippen LogP contribution in [0.5, 0.6) is 0 Å². The third-order valence-corrected chi connectivity index (χ3v) is 3.59. The Balaban J connectivity index is 2.26. The van der Waals surface area contributed by atoms with Crippen molar-refractivity contribution in [2.24, 2.45) is 5.92 Å². The van der Waals surface area contributed by atoms with E-state index in [1.807, 2.05) is 12.1 Å². The Bertz CT molecular complexity index is 414. The highest BCUT2D eigenvalue weighted by Gasteiger charge is 2.27. The van der Waals surface area contributed by atoms with E-state index in [-0.39, 0.29) is 12.3 Å². The molecular formula is C13H17NO2. The first-order chi connectivity index (χ1) is 7.58. The van der Waals surface area contributed by atoms with Crippen LogP contribution in [-0.2, 0) is 11.2 Å². The van der Waals surface area contributed by atoms with Crippen LogP contribution in [0.3, 0.4) is 0 Å². The smallest absolute Gasteiger partial charge is 0.303 e. The lowest BCUT2D eigenvalue weighted by atomic mass is 9.74. The molecule has 0 heterocycles. The van der Waals surface area contributed by atoms with Crippen LogP contribution in [-0.4, -0.2) is 11.1 Å². The monoisotopic (exact) mass is 219 g/mol. The molecule has 1 aliphatic rings. The third-order valence-electron chi connectivity index (χ3n) is 3.59. The second-order valence-electron chi connectivity index (χ2n) is 4.64. The molecule has 2 rings (SSSR count). The van der Waals surface area contributed by atoms with Crippen molar-refractivity contribution in [2.45, 2.75) is 32.1 Å². The summed E-state index contributed by atoms with van der Waals surface area (Å²) in [6.45, 7) is 2.10. The number of hydrogen-bond donors (Lipinski definition) is 2. The number of nitrogen functional groups attached to an aromatic ring is 1. The highest BCUT2D eigenvalue weighted by atomic mass is 16.4. The van der Waals surface area contributed by atoms with Gasteiger partial charge in [0.15, 0.2) is 0 Å². The van der Waals surface area contributed by atoms with Gasteiger partial charge in [0, 0.05) is 12.1 Å². The van der Waals surface area contributed by atoms with Gasteiger partial charge in [0.25, 0.3) is 0 Å². The highest BCUT2D eigenvalue weighted by molar-refractivity contribution is 5.67. The van der Waals surface area contributed by atoms with E-state index in [1.54, 1.807) is 0 Å². The molecule has 3 N–H and O–H groups in total. The first-order valence-electron chi connectivity index (χ1n) is 5.68. The van der Waals surface area contributed by atoms with Crippen molar-refractivity contribution in [2.75, 3.05) is 5.73 Å². The molecule has 2 atom stereocenters. The molecule has 0 saturated heterocycles. The van der Waals surface area contributed by atoms with E-state index in [4.69, 9.17) is 10.8 Å². The minimum atomic E-state index is -0.704. The predicted molar refractivity (Wildman–Crippen MR) is 63.3 cm³/mol. The third kappa shape index (κ3) is 2.03. The van der Waals surface area contributed by atoms with E-state index in [2.05, 4.69) is 13.0 Å². The van der Waals surface area contributed by atoms with E-state index in [1.165, 1.54) is 11.1 Å². The van der Waals surface area contributed by atoms with E-state index < -0.39 is 5.97 Å². The Labute approximate surface area is 95.3 Å². The zero-order valence-electron chi connectivity index (χ0n) is 9.44. The van der Waals surface area contributed by atoms with Crippen LogP contribution in [0.25, 0.3) is 0 Å². The van der Waals surface area contributed by atoms with Gasteiger partial charge in [-0.15, -0.1) is 0 Å². The van der Waals surface area contributed by atoms with Gasteiger partial charge >= 0.3 is 5.97 Å². The normalized spacial score (nSPS) is 23.8. The number of nitrogens with two attached hydrogens (primary N) is 1. The molecule has 0 bridgehead atoms. The summed E-state index contributed by atoms with van der Waals surface area (Å²) in [5, 5.41) is 8.86. The van der Waals surface area contributed by atoms with Crippen molar-refractivity contribution in [3.05, 3.63) is 29.3 Å². The summed E-state index contributed by atoms with van der Waals surface area (Å²) in [5.41, 5.74) is 9.10. The summed E-state index contributed by atoms with van der Waals surface area (Å²) in [6, 6.07) is 5.98. The molecular weight excluding hydrogens is 202 g/mol. The lowest BCUT2D eigenvalue weighted by Crippen LogP contribution is -2.21. The number of carboxylic acid groups (broad SMARTS) is 1. The molecule has 0 spiro atoms. The topological polar surface area (TPSA) is 63.3 Å². The van der Waals surface area contributed by atoms with Crippen LogP contribution in [0, 0.1) is 5.92 Å². The SMILES string of the molecule is CC1c2cc(N)ccc2CCC1CC(=O)O. The first-order valence-corrected chi connectivity index (χ1v) is 5.68. The summed E-state index contributed by atoms with van der Waals surface area (Å²) in [6.07, 6.45) is 2.19. The number of carbonyl (C=O) groups is 1. The van der Waals surface area contributed by atoms with Gasteiger partial charge in [-0.25, -0.2) is 0 Å². The Hall–Kier alpha value is -1.51. The fraction of sp³-hybridized carbons (Fsp3) is 0.462. The van der Waals surface area contributed by atoms with Gasteiger partial charge in [0.1, 0.15) is 0 Å². The molecule has 1 aliphatic carbocycles. The number of benzene rings is 1. The van der Waals surface area contributed by atoms with Gasteiger partial charge in [-0.3, -0.25) is 4.79 Å². The number of carboxylic acids is 1. The average Bonchev–Trinajstić information content (AvgIpc) is 2.22. The van der Waals surface area contributed by atoms with Crippen LogP contribution >= 0.6 is 0 Å². The molecule has 0 saturated carbocycles. The molecule has 16 heavy (non-hydrogen) atoms. The number of rotatable bonds is 2. The lowest BCUT2D eigenvalue weighted by Gasteiger charge is -2.30. The van der Waals surface area contributed by atoms with Gasteiger partial charge in [-0.1, -0.05) is 13.0 Å². The van der Waals surface area contributed by atoms with Crippen LogP contribution in [0.4, 0.5) is 5.69 Å².